The van der Waals surface area contributed by atoms with Crippen molar-refractivity contribution in [3.63, 3.8) is 0 Å². The quantitative estimate of drug-likeness (QED) is 0.841. The van der Waals surface area contributed by atoms with Gasteiger partial charge < -0.3 is 15.0 Å². The van der Waals surface area contributed by atoms with Crippen LogP contribution in [0.1, 0.15) is 49.3 Å². The lowest BCUT2D eigenvalue weighted by atomic mass is 10.1. The van der Waals surface area contributed by atoms with Crippen LogP contribution in [0.3, 0.4) is 0 Å². The molecule has 1 amide bonds. The highest BCUT2D eigenvalue weighted by Gasteiger charge is 2.20. The van der Waals surface area contributed by atoms with Crippen LogP contribution >= 0.6 is 11.8 Å². The number of hydrogen-bond donors (Lipinski definition) is 1. The summed E-state index contributed by atoms with van der Waals surface area (Å²) in [5.41, 5.74) is 8.59. The Morgan fingerprint density at radius 3 is 2.42 bits per heavy atom. The van der Waals surface area contributed by atoms with E-state index in [9.17, 15) is 4.79 Å². The topological polar surface area (TPSA) is 70.1 Å². The van der Waals surface area contributed by atoms with Gasteiger partial charge in [0.15, 0.2) is 6.61 Å². The molecule has 6 heteroatoms. The van der Waals surface area contributed by atoms with E-state index in [4.69, 9.17) is 15.5 Å². The van der Waals surface area contributed by atoms with Gasteiger partial charge in [0.25, 0.3) is 0 Å². The Morgan fingerprint density at radius 2 is 1.92 bits per heavy atom. The molecule has 0 aliphatic carbocycles. The van der Waals surface area contributed by atoms with E-state index >= 15 is 0 Å². The van der Waals surface area contributed by atoms with E-state index in [1.807, 2.05) is 0 Å². The maximum Gasteiger partial charge on any atom is 0.404 e. The molecule has 0 fully saturated rings. The standard InChI is InChI=1S/C18H25N3O2S/c1-6-21-15(10-23-18(19)22)20-16(11(2)3)17(21)24-14-8-12(4)7-13(5)9-14/h7-9,11H,6,10H2,1-5H3,(H2,19,22). The molecule has 24 heavy (non-hydrogen) atoms. The Bertz CT molecular complexity index is 718. The first-order valence-corrected chi connectivity index (χ1v) is 8.91. The highest BCUT2D eigenvalue weighted by Crippen LogP contribution is 2.35. The zero-order valence-corrected chi connectivity index (χ0v) is 15.7. The van der Waals surface area contributed by atoms with Crippen molar-refractivity contribution >= 4 is 17.9 Å². The number of aryl methyl sites for hydroxylation is 2. The molecular formula is C18H25N3O2S. The summed E-state index contributed by atoms with van der Waals surface area (Å²) in [6.07, 6.45) is -0.782. The largest absolute Gasteiger partial charge is 0.442 e. The minimum absolute atomic E-state index is 0.0936. The highest BCUT2D eigenvalue weighted by atomic mass is 32.2. The molecular weight excluding hydrogens is 322 g/mol. The van der Waals surface area contributed by atoms with Crippen molar-refractivity contribution in [3.8, 4) is 0 Å². The Hall–Kier alpha value is -1.95. The van der Waals surface area contributed by atoms with E-state index in [1.165, 1.54) is 16.0 Å². The maximum absolute atomic E-state index is 10.9. The Kier molecular flexibility index (Phi) is 5.94. The number of ether oxygens (including phenoxy) is 1. The molecule has 0 bridgehead atoms. The molecule has 0 aliphatic heterocycles. The molecule has 0 radical (unpaired) electrons. The minimum atomic E-state index is -0.782. The van der Waals surface area contributed by atoms with E-state index in [-0.39, 0.29) is 12.5 Å². The molecule has 1 aromatic heterocycles. The average molecular weight is 347 g/mol. The molecule has 2 rings (SSSR count). The summed E-state index contributed by atoms with van der Waals surface area (Å²) in [7, 11) is 0. The predicted octanol–water partition coefficient (Wildman–Crippen LogP) is 4.39. The molecule has 0 saturated carbocycles. The number of carbonyl (C=O) groups excluding carboxylic acids is 1. The minimum Gasteiger partial charge on any atom is -0.442 e. The second-order valence-corrected chi connectivity index (χ2v) is 7.21. The molecule has 0 atom stereocenters. The number of rotatable bonds is 6. The Morgan fingerprint density at radius 1 is 1.29 bits per heavy atom. The van der Waals surface area contributed by atoms with Gasteiger partial charge in [-0.2, -0.15) is 0 Å². The van der Waals surface area contributed by atoms with Gasteiger partial charge in [-0.15, -0.1) is 0 Å². The number of imidazole rings is 1. The van der Waals surface area contributed by atoms with E-state index < -0.39 is 6.09 Å². The van der Waals surface area contributed by atoms with Crippen LogP contribution in [0, 0.1) is 13.8 Å². The number of hydrogen-bond acceptors (Lipinski definition) is 4. The van der Waals surface area contributed by atoms with Crippen LogP contribution in [-0.2, 0) is 17.9 Å². The fraction of sp³-hybridized carbons (Fsp3) is 0.444. The van der Waals surface area contributed by atoms with Gasteiger partial charge in [0.2, 0.25) is 0 Å². The zero-order chi connectivity index (χ0) is 17.9. The SMILES string of the molecule is CCn1c(COC(N)=O)nc(C(C)C)c1Sc1cc(C)cc(C)c1. The number of nitrogens with zero attached hydrogens (tertiary/aromatic N) is 2. The van der Waals surface area contributed by atoms with E-state index in [0.29, 0.717) is 0 Å². The van der Waals surface area contributed by atoms with Crippen molar-refractivity contribution in [2.24, 2.45) is 5.73 Å². The van der Waals surface area contributed by atoms with Gasteiger partial charge >= 0.3 is 6.09 Å². The zero-order valence-electron chi connectivity index (χ0n) is 14.9. The van der Waals surface area contributed by atoms with Crippen LogP contribution < -0.4 is 5.73 Å². The lowest BCUT2D eigenvalue weighted by Crippen LogP contribution is -2.15. The fourth-order valence-electron chi connectivity index (χ4n) is 2.66. The highest BCUT2D eigenvalue weighted by molar-refractivity contribution is 7.99. The third kappa shape index (κ3) is 4.32. The number of amides is 1. The Labute approximate surface area is 147 Å². The molecule has 2 aromatic rings. The van der Waals surface area contributed by atoms with E-state index in [0.717, 1.165) is 23.1 Å². The van der Waals surface area contributed by atoms with Gasteiger partial charge in [0.1, 0.15) is 10.9 Å². The summed E-state index contributed by atoms with van der Waals surface area (Å²) in [5, 5.41) is 1.10. The third-order valence-corrected chi connectivity index (χ3v) is 4.74. The molecule has 0 spiro atoms. The smallest absolute Gasteiger partial charge is 0.404 e. The first-order chi connectivity index (χ1) is 11.3. The normalized spacial score (nSPS) is 11.1. The number of primary amides is 1. The van der Waals surface area contributed by atoms with Crippen molar-refractivity contribution in [1.29, 1.82) is 0 Å². The van der Waals surface area contributed by atoms with Crippen LogP contribution in [0.15, 0.2) is 28.1 Å². The van der Waals surface area contributed by atoms with Crippen LogP contribution in [0.2, 0.25) is 0 Å². The van der Waals surface area contributed by atoms with Gasteiger partial charge in [-0.25, -0.2) is 9.78 Å². The van der Waals surface area contributed by atoms with Gasteiger partial charge in [-0.3, -0.25) is 0 Å². The second kappa shape index (κ2) is 7.75. The molecule has 130 valence electrons. The van der Waals surface area contributed by atoms with Crippen molar-refractivity contribution in [1.82, 2.24) is 9.55 Å². The van der Waals surface area contributed by atoms with Gasteiger partial charge in [0.05, 0.1) is 5.69 Å². The van der Waals surface area contributed by atoms with Crippen LogP contribution in [0.25, 0.3) is 0 Å². The van der Waals surface area contributed by atoms with Gasteiger partial charge in [-0.05, 0) is 49.9 Å². The summed E-state index contributed by atoms with van der Waals surface area (Å²) in [5.74, 6) is 1.01. The number of carbonyl (C=O) groups is 1. The van der Waals surface area contributed by atoms with Crippen molar-refractivity contribution in [2.75, 3.05) is 0 Å². The summed E-state index contributed by atoms with van der Waals surface area (Å²) in [6.45, 7) is 11.3. The Balaban J connectivity index is 2.43. The molecule has 1 heterocycles. The fourth-order valence-corrected chi connectivity index (χ4v) is 4.11. The van der Waals surface area contributed by atoms with E-state index in [1.54, 1.807) is 11.8 Å². The lowest BCUT2D eigenvalue weighted by Gasteiger charge is -2.12. The molecule has 0 unspecified atom stereocenters. The first-order valence-electron chi connectivity index (χ1n) is 8.09. The molecule has 2 N–H and O–H groups in total. The molecule has 0 saturated heterocycles. The molecule has 0 aliphatic rings. The van der Waals surface area contributed by atoms with Crippen molar-refractivity contribution < 1.29 is 9.53 Å². The van der Waals surface area contributed by atoms with Gasteiger partial charge in [0, 0.05) is 11.4 Å². The summed E-state index contributed by atoms with van der Waals surface area (Å²) < 4.78 is 7.05. The third-order valence-electron chi connectivity index (χ3n) is 3.64. The molecule has 5 nitrogen and oxygen atoms in total. The summed E-state index contributed by atoms with van der Waals surface area (Å²) in [4.78, 5) is 16.8. The lowest BCUT2D eigenvalue weighted by molar-refractivity contribution is 0.145. The summed E-state index contributed by atoms with van der Waals surface area (Å²) in [6, 6.07) is 6.51. The maximum atomic E-state index is 10.9. The number of aromatic nitrogens is 2. The van der Waals surface area contributed by atoms with Crippen molar-refractivity contribution in [2.45, 2.75) is 63.6 Å². The molecule has 1 aromatic carbocycles. The van der Waals surface area contributed by atoms with E-state index in [2.05, 4.69) is 57.4 Å². The van der Waals surface area contributed by atoms with Crippen molar-refractivity contribution in [3.05, 3.63) is 40.8 Å². The average Bonchev–Trinajstić information content (AvgIpc) is 2.81. The number of benzene rings is 1. The predicted molar refractivity (Wildman–Crippen MR) is 96.4 cm³/mol. The van der Waals surface area contributed by atoms with Crippen LogP contribution in [-0.4, -0.2) is 15.6 Å². The second-order valence-electron chi connectivity index (χ2n) is 6.15. The van der Waals surface area contributed by atoms with Crippen LogP contribution in [0.5, 0.6) is 0 Å². The monoisotopic (exact) mass is 347 g/mol. The van der Waals surface area contributed by atoms with Crippen LogP contribution in [0.4, 0.5) is 4.79 Å². The number of nitrogens with two attached hydrogens (primary N) is 1. The summed E-state index contributed by atoms with van der Waals surface area (Å²) >= 11 is 1.71. The first kappa shape index (κ1) is 18.4. The van der Waals surface area contributed by atoms with Gasteiger partial charge in [-0.1, -0.05) is 31.7 Å².